The molecule has 0 saturated heterocycles. The molecule has 18 heavy (non-hydrogen) atoms. The molecule has 1 atom stereocenters. The van der Waals surface area contributed by atoms with E-state index in [0.29, 0.717) is 12.1 Å². The summed E-state index contributed by atoms with van der Waals surface area (Å²) in [7, 11) is 0. The molecule has 1 amide bonds. The van der Waals surface area contributed by atoms with E-state index >= 15 is 0 Å². The summed E-state index contributed by atoms with van der Waals surface area (Å²) in [6, 6.07) is 10.8. The second-order valence-electron chi connectivity index (χ2n) is 4.23. The second-order valence-corrected chi connectivity index (χ2v) is 4.23. The molecule has 0 bridgehead atoms. The van der Waals surface area contributed by atoms with E-state index in [1.54, 1.807) is 24.5 Å². The predicted octanol–water partition coefficient (Wildman–Crippen LogP) is 2.28. The average Bonchev–Trinajstić information content (AvgIpc) is 2.81. The molecule has 0 spiro atoms. The Hall–Kier alpha value is -2.23. The zero-order chi connectivity index (χ0) is 13.0. The quantitative estimate of drug-likeness (QED) is 0.811. The lowest BCUT2D eigenvalue weighted by atomic mass is 10.1. The molecule has 0 fully saturated rings. The molecular formula is C14H16N2O2. The highest BCUT2D eigenvalue weighted by Crippen LogP contribution is 2.13. The Morgan fingerprint density at radius 3 is 2.89 bits per heavy atom. The lowest BCUT2D eigenvalue weighted by Crippen LogP contribution is -2.27. The van der Waals surface area contributed by atoms with Crippen LogP contribution in [0.3, 0.4) is 0 Å². The number of amides is 1. The minimum Gasteiger partial charge on any atom is -0.467 e. The Morgan fingerprint density at radius 1 is 1.39 bits per heavy atom. The van der Waals surface area contributed by atoms with Gasteiger partial charge in [0.25, 0.3) is 0 Å². The van der Waals surface area contributed by atoms with Crippen molar-refractivity contribution >= 4 is 11.6 Å². The number of anilines is 1. The number of furan rings is 1. The summed E-state index contributed by atoms with van der Waals surface area (Å²) >= 11 is 0. The fourth-order valence-electron chi connectivity index (χ4n) is 1.79. The summed E-state index contributed by atoms with van der Waals surface area (Å²) in [5.74, 6) is 0.695. The third-order valence-electron chi connectivity index (χ3n) is 2.66. The van der Waals surface area contributed by atoms with E-state index in [1.807, 2.05) is 25.1 Å². The number of nitrogen functional groups attached to an aromatic ring is 1. The van der Waals surface area contributed by atoms with Crippen molar-refractivity contribution in [3.63, 3.8) is 0 Å². The van der Waals surface area contributed by atoms with E-state index in [1.165, 1.54) is 0 Å². The average molecular weight is 244 g/mol. The van der Waals surface area contributed by atoms with Gasteiger partial charge in [0.1, 0.15) is 5.76 Å². The van der Waals surface area contributed by atoms with Crippen LogP contribution in [0.5, 0.6) is 0 Å². The monoisotopic (exact) mass is 244 g/mol. The van der Waals surface area contributed by atoms with Crippen LogP contribution in [0.15, 0.2) is 47.1 Å². The molecular weight excluding hydrogens is 228 g/mol. The first kappa shape index (κ1) is 12.2. The lowest BCUT2D eigenvalue weighted by molar-refractivity contribution is -0.121. The Bertz CT molecular complexity index is 520. The van der Waals surface area contributed by atoms with Crippen molar-refractivity contribution in [2.45, 2.75) is 19.4 Å². The highest BCUT2D eigenvalue weighted by molar-refractivity contribution is 5.79. The number of benzene rings is 1. The van der Waals surface area contributed by atoms with Crippen LogP contribution in [0.1, 0.15) is 24.3 Å². The molecule has 0 radical (unpaired) electrons. The molecule has 0 aliphatic carbocycles. The molecule has 4 heteroatoms. The fraction of sp³-hybridized carbons (Fsp3) is 0.214. The maximum Gasteiger partial charge on any atom is 0.225 e. The number of carbonyl (C=O) groups excluding carboxylic acids is 1. The fourth-order valence-corrected chi connectivity index (χ4v) is 1.79. The van der Waals surface area contributed by atoms with Gasteiger partial charge in [-0.2, -0.15) is 0 Å². The summed E-state index contributed by atoms with van der Waals surface area (Å²) in [5.41, 5.74) is 7.23. The van der Waals surface area contributed by atoms with Gasteiger partial charge in [-0.15, -0.1) is 0 Å². The molecule has 4 nitrogen and oxygen atoms in total. The van der Waals surface area contributed by atoms with Crippen molar-refractivity contribution in [1.29, 1.82) is 0 Å². The van der Waals surface area contributed by atoms with Gasteiger partial charge in [-0.1, -0.05) is 12.1 Å². The first-order valence-corrected chi connectivity index (χ1v) is 5.82. The lowest BCUT2D eigenvalue weighted by Gasteiger charge is -2.11. The summed E-state index contributed by atoms with van der Waals surface area (Å²) in [4.78, 5) is 11.8. The topological polar surface area (TPSA) is 68.3 Å². The number of hydrogen-bond donors (Lipinski definition) is 2. The molecule has 94 valence electrons. The van der Waals surface area contributed by atoms with E-state index in [2.05, 4.69) is 5.32 Å². The van der Waals surface area contributed by atoms with Gasteiger partial charge in [0, 0.05) is 5.69 Å². The van der Waals surface area contributed by atoms with Crippen LogP contribution in [0.2, 0.25) is 0 Å². The first-order chi connectivity index (χ1) is 8.65. The van der Waals surface area contributed by atoms with Crippen LogP contribution in [0.25, 0.3) is 0 Å². The highest BCUT2D eigenvalue weighted by atomic mass is 16.3. The van der Waals surface area contributed by atoms with E-state index in [-0.39, 0.29) is 11.9 Å². The third-order valence-corrected chi connectivity index (χ3v) is 2.66. The van der Waals surface area contributed by atoms with Crippen molar-refractivity contribution in [3.8, 4) is 0 Å². The van der Waals surface area contributed by atoms with Gasteiger partial charge in [-0.05, 0) is 36.8 Å². The van der Waals surface area contributed by atoms with Crippen molar-refractivity contribution < 1.29 is 9.21 Å². The molecule has 1 aromatic carbocycles. The van der Waals surface area contributed by atoms with Gasteiger partial charge < -0.3 is 15.5 Å². The molecule has 3 N–H and O–H groups in total. The van der Waals surface area contributed by atoms with Crippen LogP contribution in [0.4, 0.5) is 5.69 Å². The molecule has 1 heterocycles. The Kier molecular flexibility index (Phi) is 3.67. The van der Waals surface area contributed by atoms with E-state index < -0.39 is 0 Å². The Balaban J connectivity index is 1.93. The Morgan fingerprint density at radius 2 is 2.22 bits per heavy atom. The standard InChI is InChI=1S/C14H16N2O2/c1-10(13-6-3-7-18-13)16-14(17)9-11-4-2-5-12(15)8-11/h2-8,10H,9,15H2,1H3,(H,16,17)/t10-/m1/s1. The molecule has 0 aliphatic heterocycles. The largest absolute Gasteiger partial charge is 0.467 e. The van der Waals surface area contributed by atoms with Gasteiger partial charge in [0.2, 0.25) is 5.91 Å². The van der Waals surface area contributed by atoms with Crippen LogP contribution >= 0.6 is 0 Å². The predicted molar refractivity (Wildman–Crippen MR) is 69.8 cm³/mol. The summed E-state index contributed by atoms with van der Waals surface area (Å²) in [5, 5.41) is 2.88. The van der Waals surface area contributed by atoms with Gasteiger partial charge in [-0.25, -0.2) is 0 Å². The van der Waals surface area contributed by atoms with E-state index in [0.717, 1.165) is 11.3 Å². The normalized spacial score (nSPS) is 12.1. The molecule has 0 saturated carbocycles. The summed E-state index contributed by atoms with van der Waals surface area (Å²) in [6.45, 7) is 1.89. The zero-order valence-corrected chi connectivity index (χ0v) is 10.2. The molecule has 0 unspecified atom stereocenters. The highest BCUT2D eigenvalue weighted by Gasteiger charge is 2.11. The number of nitrogens with two attached hydrogens (primary N) is 1. The molecule has 2 aromatic rings. The molecule has 1 aromatic heterocycles. The van der Waals surface area contributed by atoms with Crippen LogP contribution < -0.4 is 11.1 Å². The Labute approximate surface area is 106 Å². The van der Waals surface area contributed by atoms with Gasteiger partial charge in [0.15, 0.2) is 0 Å². The minimum atomic E-state index is -0.131. The van der Waals surface area contributed by atoms with E-state index in [4.69, 9.17) is 10.2 Å². The number of rotatable bonds is 4. The molecule has 2 rings (SSSR count). The summed E-state index contributed by atoms with van der Waals surface area (Å²) in [6.07, 6.45) is 1.91. The van der Waals surface area contributed by atoms with Crippen molar-refractivity contribution in [1.82, 2.24) is 5.32 Å². The van der Waals surface area contributed by atoms with Gasteiger partial charge in [0.05, 0.1) is 18.7 Å². The first-order valence-electron chi connectivity index (χ1n) is 5.82. The maximum absolute atomic E-state index is 11.8. The molecule has 0 aliphatic rings. The number of hydrogen-bond acceptors (Lipinski definition) is 3. The van der Waals surface area contributed by atoms with Crippen molar-refractivity contribution in [2.24, 2.45) is 0 Å². The van der Waals surface area contributed by atoms with Gasteiger partial charge in [-0.3, -0.25) is 4.79 Å². The number of carbonyl (C=O) groups is 1. The van der Waals surface area contributed by atoms with Crippen molar-refractivity contribution in [2.75, 3.05) is 5.73 Å². The SMILES string of the molecule is C[C@@H](NC(=O)Cc1cccc(N)c1)c1ccco1. The van der Waals surface area contributed by atoms with E-state index in [9.17, 15) is 4.79 Å². The maximum atomic E-state index is 11.8. The van der Waals surface area contributed by atoms with Gasteiger partial charge >= 0.3 is 0 Å². The second kappa shape index (κ2) is 5.40. The van der Waals surface area contributed by atoms with Crippen LogP contribution in [-0.2, 0) is 11.2 Å². The number of nitrogens with one attached hydrogen (secondary N) is 1. The zero-order valence-electron chi connectivity index (χ0n) is 10.2. The smallest absolute Gasteiger partial charge is 0.225 e. The third kappa shape index (κ3) is 3.13. The van der Waals surface area contributed by atoms with Crippen molar-refractivity contribution in [3.05, 3.63) is 54.0 Å². The van der Waals surface area contributed by atoms with Crippen LogP contribution in [-0.4, -0.2) is 5.91 Å². The summed E-state index contributed by atoms with van der Waals surface area (Å²) < 4.78 is 5.23. The van der Waals surface area contributed by atoms with Crippen LogP contribution in [0, 0.1) is 0 Å². The minimum absolute atomic E-state index is 0.0514.